The van der Waals surface area contributed by atoms with Crippen molar-refractivity contribution in [3.8, 4) is 0 Å². The van der Waals surface area contributed by atoms with Gasteiger partial charge in [-0.05, 0) is 31.2 Å². The quantitative estimate of drug-likeness (QED) is 0.611. The van der Waals surface area contributed by atoms with Crippen molar-refractivity contribution in [1.82, 2.24) is 4.98 Å². The SMILES string of the molecule is Cc1nc(COC(=O)C=Cc2cc(Br)ccc2F)cs1. The van der Waals surface area contributed by atoms with Crippen molar-refractivity contribution < 1.29 is 13.9 Å². The summed E-state index contributed by atoms with van der Waals surface area (Å²) in [5, 5.41) is 2.75. The Morgan fingerprint density at radius 3 is 3.05 bits per heavy atom. The maximum Gasteiger partial charge on any atom is 0.331 e. The Bertz CT molecular complexity index is 654. The van der Waals surface area contributed by atoms with Gasteiger partial charge in [-0.3, -0.25) is 0 Å². The topological polar surface area (TPSA) is 39.2 Å². The second-order valence-electron chi connectivity index (χ2n) is 3.96. The second-order valence-corrected chi connectivity index (χ2v) is 5.94. The lowest BCUT2D eigenvalue weighted by Crippen LogP contribution is -2.01. The molecule has 0 N–H and O–H groups in total. The first-order chi connectivity index (χ1) is 9.54. The van der Waals surface area contributed by atoms with Crippen LogP contribution in [0, 0.1) is 12.7 Å². The van der Waals surface area contributed by atoms with Crippen LogP contribution in [0.3, 0.4) is 0 Å². The van der Waals surface area contributed by atoms with Crippen LogP contribution in [-0.4, -0.2) is 11.0 Å². The third kappa shape index (κ3) is 4.25. The number of hydrogen-bond donors (Lipinski definition) is 0. The van der Waals surface area contributed by atoms with Crippen LogP contribution in [-0.2, 0) is 16.1 Å². The Hall–Kier alpha value is -1.53. The Morgan fingerprint density at radius 2 is 2.35 bits per heavy atom. The number of rotatable bonds is 4. The highest BCUT2D eigenvalue weighted by Gasteiger charge is 2.03. The van der Waals surface area contributed by atoms with Crippen LogP contribution in [0.1, 0.15) is 16.3 Å². The van der Waals surface area contributed by atoms with E-state index < -0.39 is 11.8 Å². The summed E-state index contributed by atoms with van der Waals surface area (Å²) in [5.41, 5.74) is 1.03. The van der Waals surface area contributed by atoms with Gasteiger partial charge in [0.05, 0.1) is 10.7 Å². The first kappa shape index (κ1) is 14.9. The average molecular weight is 356 g/mol. The highest BCUT2D eigenvalue weighted by molar-refractivity contribution is 9.10. The van der Waals surface area contributed by atoms with Gasteiger partial charge >= 0.3 is 5.97 Å². The predicted molar refractivity (Wildman–Crippen MR) is 79.8 cm³/mol. The van der Waals surface area contributed by atoms with Gasteiger partial charge < -0.3 is 4.74 Å². The fourth-order valence-electron chi connectivity index (χ4n) is 1.47. The third-order valence-corrected chi connectivity index (χ3v) is 3.70. The van der Waals surface area contributed by atoms with Crippen molar-refractivity contribution in [1.29, 1.82) is 0 Å². The van der Waals surface area contributed by atoms with Crippen LogP contribution >= 0.6 is 27.3 Å². The molecular weight excluding hydrogens is 345 g/mol. The molecule has 0 saturated carbocycles. The number of hydrogen-bond acceptors (Lipinski definition) is 4. The molecule has 0 saturated heterocycles. The molecule has 6 heteroatoms. The fraction of sp³-hybridized carbons (Fsp3) is 0.143. The summed E-state index contributed by atoms with van der Waals surface area (Å²) < 4.78 is 19.2. The summed E-state index contributed by atoms with van der Waals surface area (Å²) >= 11 is 4.74. The summed E-state index contributed by atoms with van der Waals surface area (Å²) in [6.07, 6.45) is 2.58. The molecule has 0 fully saturated rings. The van der Waals surface area contributed by atoms with Crippen LogP contribution in [0.25, 0.3) is 6.08 Å². The number of esters is 1. The Kier molecular flexibility index (Phi) is 5.03. The minimum Gasteiger partial charge on any atom is -0.456 e. The number of carbonyl (C=O) groups is 1. The van der Waals surface area contributed by atoms with Gasteiger partial charge in [0.25, 0.3) is 0 Å². The van der Waals surface area contributed by atoms with Crippen molar-refractivity contribution in [3.63, 3.8) is 0 Å². The number of nitrogens with zero attached hydrogens (tertiary/aromatic N) is 1. The molecule has 0 radical (unpaired) electrons. The maximum atomic E-state index is 13.4. The molecule has 3 nitrogen and oxygen atoms in total. The van der Waals surface area contributed by atoms with E-state index in [1.165, 1.54) is 29.6 Å². The number of aromatic nitrogens is 1. The lowest BCUT2D eigenvalue weighted by atomic mass is 10.2. The van der Waals surface area contributed by atoms with Crippen LogP contribution in [0.2, 0.25) is 0 Å². The molecule has 0 unspecified atom stereocenters. The highest BCUT2D eigenvalue weighted by atomic mass is 79.9. The van der Waals surface area contributed by atoms with Gasteiger partial charge in [0.2, 0.25) is 0 Å². The average Bonchev–Trinajstić information content (AvgIpc) is 2.83. The van der Waals surface area contributed by atoms with Gasteiger partial charge in [-0.2, -0.15) is 0 Å². The molecule has 1 aromatic carbocycles. The van der Waals surface area contributed by atoms with Crippen LogP contribution in [0.5, 0.6) is 0 Å². The molecule has 1 heterocycles. The molecule has 104 valence electrons. The first-order valence-corrected chi connectivity index (χ1v) is 7.43. The van der Waals surface area contributed by atoms with E-state index in [0.29, 0.717) is 11.3 Å². The number of aryl methyl sites for hydroxylation is 1. The zero-order chi connectivity index (χ0) is 14.5. The van der Waals surface area contributed by atoms with E-state index >= 15 is 0 Å². The number of halogens is 2. The van der Waals surface area contributed by atoms with Gasteiger partial charge in [0.15, 0.2) is 0 Å². The molecule has 20 heavy (non-hydrogen) atoms. The summed E-state index contributed by atoms with van der Waals surface area (Å²) in [4.78, 5) is 15.7. The van der Waals surface area contributed by atoms with Crippen LogP contribution in [0.15, 0.2) is 34.1 Å². The standard InChI is InChI=1S/C14H11BrFNO2S/c1-9-17-12(8-20-9)7-19-14(18)5-2-10-6-11(15)3-4-13(10)16/h2-6,8H,7H2,1H3. The Labute approximate surface area is 128 Å². The lowest BCUT2D eigenvalue weighted by Gasteiger charge is -1.99. The van der Waals surface area contributed by atoms with E-state index in [0.717, 1.165) is 9.48 Å². The third-order valence-electron chi connectivity index (χ3n) is 2.39. The van der Waals surface area contributed by atoms with Gasteiger partial charge in [0.1, 0.15) is 12.4 Å². The largest absolute Gasteiger partial charge is 0.456 e. The second kappa shape index (κ2) is 6.76. The molecule has 0 aliphatic carbocycles. The molecular formula is C14H11BrFNO2S. The van der Waals surface area contributed by atoms with Crippen LogP contribution < -0.4 is 0 Å². The minimum absolute atomic E-state index is 0.120. The monoisotopic (exact) mass is 355 g/mol. The molecule has 0 amide bonds. The zero-order valence-corrected chi connectivity index (χ0v) is 13.0. The van der Waals surface area contributed by atoms with Crippen LogP contribution in [0.4, 0.5) is 4.39 Å². The van der Waals surface area contributed by atoms with E-state index in [4.69, 9.17) is 4.74 Å². The molecule has 0 aliphatic rings. The van der Waals surface area contributed by atoms with Crippen molar-refractivity contribution >= 4 is 39.3 Å². The van der Waals surface area contributed by atoms with E-state index in [1.54, 1.807) is 12.1 Å². The van der Waals surface area contributed by atoms with Crippen molar-refractivity contribution in [2.24, 2.45) is 0 Å². The van der Waals surface area contributed by atoms with E-state index in [9.17, 15) is 9.18 Å². The van der Waals surface area contributed by atoms with Gasteiger partial charge in [-0.1, -0.05) is 15.9 Å². The van der Waals surface area contributed by atoms with E-state index in [-0.39, 0.29) is 6.61 Å². The first-order valence-electron chi connectivity index (χ1n) is 5.75. The summed E-state index contributed by atoms with van der Waals surface area (Å²) in [6, 6.07) is 4.51. The predicted octanol–water partition coefficient (Wildman–Crippen LogP) is 4.11. The molecule has 0 atom stereocenters. The smallest absolute Gasteiger partial charge is 0.331 e. The fourth-order valence-corrected chi connectivity index (χ4v) is 2.44. The van der Waals surface area contributed by atoms with Gasteiger partial charge in [0, 0.05) is 21.5 Å². The lowest BCUT2D eigenvalue weighted by molar-refractivity contribution is -0.139. The molecule has 0 spiro atoms. The summed E-state index contributed by atoms with van der Waals surface area (Å²) in [5.74, 6) is -0.928. The van der Waals surface area contributed by atoms with Crippen molar-refractivity contribution in [2.45, 2.75) is 13.5 Å². The molecule has 0 aliphatic heterocycles. The van der Waals surface area contributed by atoms with E-state index in [1.807, 2.05) is 12.3 Å². The van der Waals surface area contributed by atoms with E-state index in [2.05, 4.69) is 20.9 Å². The summed E-state index contributed by atoms with van der Waals surface area (Å²) in [7, 11) is 0. The molecule has 2 aromatic rings. The minimum atomic E-state index is -0.532. The highest BCUT2D eigenvalue weighted by Crippen LogP contribution is 2.17. The van der Waals surface area contributed by atoms with Gasteiger partial charge in [-0.15, -0.1) is 11.3 Å². The number of carbonyl (C=O) groups excluding carboxylic acids is 1. The van der Waals surface area contributed by atoms with Gasteiger partial charge in [-0.25, -0.2) is 14.2 Å². The maximum absolute atomic E-state index is 13.4. The van der Waals surface area contributed by atoms with Crippen molar-refractivity contribution in [3.05, 3.63) is 56.2 Å². The molecule has 0 bridgehead atoms. The summed E-state index contributed by atoms with van der Waals surface area (Å²) in [6.45, 7) is 2.00. The zero-order valence-electron chi connectivity index (χ0n) is 10.6. The van der Waals surface area contributed by atoms with Crippen molar-refractivity contribution in [2.75, 3.05) is 0 Å². The normalized spacial score (nSPS) is 10.9. The molecule has 2 rings (SSSR count). The number of benzene rings is 1. The Balaban J connectivity index is 1.93. The molecule has 1 aromatic heterocycles. The number of ether oxygens (including phenoxy) is 1. The Morgan fingerprint density at radius 1 is 1.55 bits per heavy atom. The number of thiazole rings is 1.